The van der Waals surface area contributed by atoms with Crippen LogP contribution in [0.2, 0.25) is 0 Å². The van der Waals surface area contributed by atoms with E-state index in [2.05, 4.69) is 48.5 Å². The number of carbonyl (C=O) groups is 4. The molecule has 0 bridgehead atoms. The van der Waals surface area contributed by atoms with Gasteiger partial charge in [0.25, 0.3) is 0 Å². The van der Waals surface area contributed by atoms with Crippen LogP contribution >= 0.6 is 15.6 Å². The van der Waals surface area contributed by atoms with E-state index < -0.39 is 97.5 Å². The van der Waals surface area contributed by atoms with Crippen molar-refractivity contribution in [2.75, 3.05) is 39.6 Å². The first-order chi connectivity index (χ1) is 44.2. The van der Waals surface area contributed by atoms with Gasteiger partial charge >= 0.3 is 39.5 Å². The molecule has 0 aliphatic carbocycles. The quantitative estimate of drug-likeness (QED) is 0.0222. The first kappa shape index (κ1) is 90.1. The SMILES string of the molecule is CCCCCCCCCCCCCCCCCCCC(=O)O[C@H](COC(=O)CCCCCCCCCCCCC(C)C)COP(=O)(O)OC[C@@H](O)COP(=O)(O)OC[C@@H](COC(=O)CCCCCCCCCCC(C)C)OC(=O)CCCCCCCCCCC(C)C. The lowest BCUT2D eigenvalue weighted by Crippen LogP contribution is -2.30. The molecule has 3 N–H and O–H groups in total. The highest BCUT2D eigenvalue weighted by Gasteiger charge is 2.30. The molecular formula is C73H142O17P2. The van der Waals surface area contributed by atoms with E-state index in [0.717, 1.165) is 108 Å². The van der Waals surface area contributed by atoms with Crippen molar-refractivity contribution >= 4 is 39.5 Å². The van der Waals surface area contributed by atoms with Crippen LogP contribution in [0.4, 0.5) is 0 Å². The Morgan fingerprint density at radius 3 is 0.739 bits per heavy atom. The summed E-state index contributed by atoms with van der Waals surface area (Å²) in [6, 6.07) is 0. The van der Waals surface area contributed by atoms with Gasteiger partial charge in [-0.2, -0.15) is 0 Å². The minimum atomic E-state index is -4.95. The number of esters is 4. The number of hydrogen-bond donors (Lipinski definition) is 3. The van der Waals surface area contributed by atoms with Crippen molar-refractivity contribution in [2.45, 2.75) is 388 Å². The van der Waals surface area contributed by atoms with Crippen molar-refractivity contribution in [1.29, 1.82) is 0 Å². The third kappa shape index (κ3) is 66.7. The highest BCUT2D eigenvalue weighted by atomic mass is 31.2. The largest absolute Gasteiger partial charge is 0.472 e. The van der Waals surface area contributed by atoms with Gasteiger partial charge in [0, 0.05) is 25.7 Å². The van der Waals surface area contributed by atoms with E-state index in [4.69, 9.17) is 37.0 Å². The van der Waals surface area contributed by atoms with Crippen molar-refractivity contribution in [3.05, 3.63) is 0 Å². The molecule has 546 valence electrons. The van der Waals surface area contributed by atoms with Crippen LogP contribution in [0.25, 0.3) is 0 Å². The van der Waals surface area contributed by atoms with Crippen molar-refractivity contribution in [3.63, 3.8) is 0 Å². The molecule has 0 fully saturated rings. The summed E-state index contributed by atoms with van der Waals surface area (Å²) < 4.78 is 68.4. The van der Waals surface area contributed by atoms with Crippen molar-refractivity contribution in [3.8, 4) is 0 Å². The second-order valence-corrected chi connectivity index (χ2v) is 30.7. The van der Waals surface area contributed by atoms with E-state index in [-0.39, 0.29) is 25.7 Å². The Labute approximate surface area is 562 Å². The first-order valence-electron chi connectivity index (χ1n) is 37.8. The molecule has 0 aliphatic heterocycles. The maximum absolute atomic E-state index is 13.1. The standard InChI is InChI=1S/C73H142O17P2/c1-8-9-10-11-12-13-14-15-16-17-18-19-20-25-35-42-49-56-72(77)89-68(60-83-70(75)54-47-40-33-24-22-21-23-30-37-44-51-64(2)3)62-87-91(79,80)85-58-67(74)59-86-92(81,82)88-63-69(90-73(78)57-50-43-36-29-27-32-39-46-53-66(6)7)61-84-71(76)55-48-41-34-28-26-31-38-45-52-65(4)5/h64-69,74H,8-63H2,1-7H3,(H,79,80)(H,81,82)/t67-,68-,69-/m1/s1. The van der Waals surface area contributed by atoms with Crippen LogP contribution in [0, 0.1) is 17.8 Å². The van der Waals surface area contributed by atoms with Gasteiger partial charge in [-0.25, -0.2) is 9.13 Å². The molecule has 19 heteroatoms. The minimum Gasteiger partial charge on any atom is -0.462 e. The molecule has 0 amide bonds. The lowest BCUT2D eigenvalue weighted by atomic mass is 10.0. The van der Waals surface area contributed by atoms with Crippen LogP contribution in [0.1, 0.15) is 370 Å². The molecule has 0 rings (SSSR count). The van der Waals surface area contributed by atoms with Gasteiger partial charge in [-0.05, 0) is 43.4 Å². The average Bonchev–Trinajstić information content (AvgIpc) is 1.51. The fourth-order valence-electron chi connectivity index (χ4n) is 11.1. The fourth-order valence-corrected chi connectivity index (χ4v) is 12.7. The van der Waals surface area contributed by atoms with E-state index in [1.54, 1.807) is 0 Å². The predicted octanol–water partition coefficient (Wildman–Crippen LogP) is 21.0. The maximum Gasteiger partial charge on any atom is 0.472 e. The van der Waals surface area contributed by atoms with Crippen LogP contribution in [0.5, 0.6) is 0 Å². The number of ether oxygens (including phenoxy) is 4. The summed E-state index contributed by atoms with van der Waals surface area (Å²) in [5, 5.41) is 10.6. The number of rotatable bonds is 71. The summed E-state index contributed by atoms with van der Waals surface area (Å²) in [4.78, 5) is 72.7. The summed E-state index contributed by atoms with van der Waals surface area (Å²) in [6.45, 7) is 11.8. The number of carbonyl (C=O) groups excluding carboxylic acids is 4. The lowest BCUT2D eigenvalue weighted by Gasteiger charge is -2.21. The normalized spacial score (nSPS) is 14.1. The molecule has 0 radical (unpaired) electrons. The smallest absolute Gasteiger partial charge is 0.462 e. The average molecular weight is 1350 g/mol. The Kier molecular flexibility index (Phi) is 62.4. The Morgan fingerprint density at radius 2 is 0.500 bits per heavy atom. The molecule has 0 aromatic rings. The molecule has 5 atom stereocenters. The van der Waals surface area contributed by atoms with E-state index >= 15 is 0 Å². The molecule has 0 aliphatic rings. The molecule has 0 saturated heterocycles. The van der Waals surface area contributed by atoms with Gasteiger partial charge in [0.05, 0.1) is 26.4 Å². The molecule has 0 heterocycles. The lowest BCUT2D eigenvalue weighted by molar-refractivity contribution is -0.161. The molecule has 0 aromatic heterocycles. The number of phosphoric acid groups is 2. The van der Waals surface area contributed by atoms with Gasteiger partial charge in [0.2, 0.25) is 0 Å². The molecule has 2 unspecified atom stereocenters. The molecule has 92 heavy (non-hydrogen) atoms. The number of aliphatic hydroxyl groups excluding tert-OH is 1. The molecule has 0 spiro atoms. The highest BCUT2D eigenvalue weighted by Crippen LogP contribution is 2.45. The molecule has 17 nitrogen and oxygen atoms in total. The van der Waals surface area contributed by atoms with Gasteiger partial charge in [-0.1, -0.05) is 318 Å². The minimum absolute atomic E-state index is 0.104. The molecule has 0 saturated carbocycles. The third-order valence-corrected chi connectivity index (χ3v) is 18.8. The Balaban J connectivity index is 5.25. The summed E-state index contributed by atoms with van der Waals surface area (Å²) in [5.74, 6) is 0.0795. The second-order valence-electron chi connectivity index (χ2n) is 27.8. The van der Waals surface area contributed by atoms with Gasteiger partial charge in [0.15, 0.2) is 12.2 Å². The monoisotopic (exact) mass is 1350 g/mol. The van der Waals surface area contributed by atoms with Gasteiger partial charge < -0.3 is 33.8 Å². The third-order valence-electron chi connectivity index (χ3n) is 16.9. The fraction of sp³-hybridized carbons (Fsp3) is 0.945. The van der Waals surface area contributed by atoms with Gasteiger partial charge in [0.1, 0.15) is 19.3 Å². The number of aliphatic hydroxyl groups is 1. The topological polar surface area (TPSA) is 237 Å². The van der Waals surface area contributed by atoms with Crippen LogP contribution < -0.4 is 0 Å². The summed E-state index contributed by atoms with van der Waals surface area (Å²) in [7, 11) is -9.91. The van der Waals surface area contributed by atoms with Gasteiger partial charge in [-0.15, -0.1) is 0 Å². The summed E-state index contributed by atoms with van der Waals surface area (Å²) >= 11 is 0. The zero-order valence-electron chi connectivity index (χ0n) is 60.0. The van der Waals surface area contributed by atoms with Crippen LogP contribution in [-0.2, 0) is 65.4 Å². The van der Waals surface area contributed by atoms with E-state index in [9.17, 15) is 43.2 Å². The molecular weight excluding hydrogens is 1210 g/mol. The second kappa shape index (κ2) is 63.8. The number of unbranched alkanes of at least 4 members (excludes halogenated alkanes) is 39. The van der Waals surface area contributed by atoms with Crippen LogP contribution in [0.15, 0.2) is 0 Å². The maximum atomic E-state index is 13.1. The number of phosphoric ester groups is 2. The van der Waals surface area contributed by atoms with Crippen molar-refractivity contribution in [2.24, 2.45) is 17.8 Å². The summed E-state index contributed by atoms with van der Waals surface area (Å²) in [6.07, 6.45) is 48.7. The highest BCUT2D eigenvalue weighted by molar-refractivity contribution is 7.47. The Morgan fingerprint density at radius 1 is 0.293 bits per heavy atom. The Bertz CT molecular complexity index is 1800. The van der Waals surface area contributed by atoms with E-state index in [1.807, 2.05) is 0 Å². The Hall–Kier alpha value is -1.94. The van der Waals surface area contributed by atoms with E-state index in [0.29, 0.717) is 25.7 Å². The first-order valence-corrected chi connectivity index (χ1v) is 40.8. The van der Waals surface area contributed by atoms with Crippen molar-refractivity contribution < 1.29 is 80.2 Å². The molecule has 0 aromatic carbocycles. The van der Waals surface area contributed by atoms with E-state index in [1.165, 1.54) is 180 Å². The van der Waals surface area contributed by atoms with Crippen molar-refractivity contribution in [1.82, 2.24) is 0 Å². The zero-order valence-corrected chi connectivity index (χ0v) is 61.8. The zero-order chi connectivity index (χ0) is 68.0. The van der Waals surface area contributed by atoms with Crippen LogP contribution in [-0.4, -0.2) is 96.7 Å². The number of hydrogen-bond acceptors (Lipinski definition) is 15. The van der Waals surface area contributed by atoms with Gasteiger partial charge in [-0.3, -0.25) is 37.3 Å². The summed E-state index contributed by atoms with van der Waals surface area (Å²) in [5.41, 5.74) is 0. The van der Waals surface area contributed by atoms with Crippen LogP contribution in [0.3, 0.4) is 0 Å². The predicted molar refractivity (Wildman–Crippen MR) is 372 cm³/mol.